The molecule has 4 aromatic rings. The Hall–Kier alpha value is -5.30. The third-order valence-electron chi connectivity index (χ3n) is 8.14. The highest BCUT2D eigenvalue weighted by molar-refractivity contribution is 7.86. The number of ether oxygens (including phenoxy) is 4. The molecule has 0 spiro atoms. The smallest absolute Gasteiger partial charge is 0.300 e. The van der Waals surface area contributed by atoms with Crippen molar-refractivity contribution < 1.29 is 53.7 Å². The van der Waals surface area contributed by atoms with E-state index in [4.69, 9.17) is 27.3 Å². The van der Waals surface area contributed by atoms with Crippen molar-refractivity contribution >= 4 is 43.2 Å². The normalized spacial score (nSPS) is 11.8. The summed E-state index contributed by atoms with van der Waals surface area (Å²) in [5.41, 5.74) is 3.21. The number of anilines is 2. The van der Waals surface area contributed by atoms with Crippen molar-refractivity contribution in [1.29, 1.82) is 0 Å². The van der Waals surface area contributed by atoms with Crippen LogP contribution in [0.1, 0.15) is 34.6 Å². The average molecular weight is 787 g/mol. The number of Topliss-reactive ketones (excluding diaryl/α,β-unsaturated/α-hetero) is 2. The predicted octanol–water partition coefficient (Wildman–Crippen LogP) is 4.43. The average Bonchev–Trinajstić information content (AvgIpc) is 3.11. The molecule has 290 valence electrons. The fourth-order valence-corrected chi connectivity index (χ4v) is 7.08. The molecule has 0 aliphatic carbocycles. The van der Waals surface area contributed by atoms with E-state index in [1.54, 1.807) is 55.6 Å². The lowest BCUT2D eigenvalue weighted by atomic mass is 10.0. The Morgan fingerprint density at radius 3 is 1.26 bits per heavy atom. The number of benzene rings is 2. The molecule has 0 atom stereocenters. The van der Waals surface area contributed by atoms with Crippen LogP contribution in [-0.4, -0.2) is 106 Å². The first-order chi connectivity index (χ1) is 25.3. The lowest BCUT2D eigenvalue weighted by molar-refractivity contribution is -0.0931. The van der Waals surface area contributed by atoms with E-state index in [0.717, 1.165) is 12.5 Å². The summed E-state index contributed by atoms with van der Waals surface area (Å²) < 4.78 is 83.6. The summed E-state index contributed by atoms with van der Waals surface area (Å²) in [5.74, 6) is -1.83. The molecule has 2 heterocycles. The van der Waals surface area contributed by atoms with Gasteiger partial charge in [-0.05, 0) is 62.4 Å². The summed E-state index contributed by atoms with van der Waals surface area (Å²) in [6, 6.07) is 13.0. The number of carbonyl (C=O) groups excluding carboxylic acids is 2. The van der Waals surface area contributed by atoms with Crippen molar-refractivity contribution in [3.05, 3.63) is 72.1 Å². The Kier molecular flexibility index (Phi) is 12.6. The molecule has 0 unspecified atom stereocenters. The molecule has 0 fully saturated rings. The van der Waals surface area contributed by atoms with Crippen LogP contribution < -0.4 is 28.7 Å². The quantitative estimate of drug-likeness (QED) is 0.0829. The van der Waals surface area contributed by atoms with Gasteiger partial charge in [-0.2, -0.15) is 16.8 Å². The number of pyridine rings is 2. The molecule has 2 aromatic heterocycles. The van der Waals surface area contributed by atoms with Crippen molar-refractivity contribution in [3.63, 3.8) is 0 Å². The highest BCUT2D eigenvalue weighted by atomic mass is 32.2. The van der Waals surface area contributed by atoms with Gasteiger partial charge in [0.1, 0.15) is 34.1 Å². The first-order valence-corrected chi connectivity index (χ1v) is 19.6. The molecule has 0 N–H and O–H groups in total. The van der Waals surface area contributed by atoms with Gasteiger partial charge in [0.25, 0.3) is 20.2 Å². The zero-order valence-electron chi connectivity index (χ0n) is 31.5. The lowest BCUT2D eigenvalue weighted by Crippen LogP contribution is -2.59. The summed E-state index contributed by atoms with van der Waals surface area (Å²) in [6.45, 7) is 2.31. The van der Waals surface area contributed by atoms with Crippen molar-refractivity contribution in [2.24, 2.45) is 0 Å². The minimum Gasteiger partial charge on any atom is -0.496 e. The molecule has 0 saturated heterocycles. The Balaban J connectivity index is 1.74. The first kappa shape index (κ1) is 41.5. The number of likely N-dealkylation sites (N-methyl/N-ethyl adjacent to an activating group) is 2. The minimum atomic E-state index is -4.38. The number of nitrogens with zero attached hydrogens (tertiary/aromatic N) is 4. The van der Waals surface area contributed by atoms with Crippen molar-refractivity contribution in [2.75, 3.05) is 71.4 Å². The second-order valence-corrected chi connectivity index (χ2v) is 15.3. The van der Waals surface area contributed by atoms with Crippen molar-refractivity contribution in [2.45, 2.75) is 19.8 Å². The van der Waals surface area contributed by atoms with Gasteiger partial charge in [0.05, 0.1) is 82.7 Å². The van der Waals surface area contributed by atoms with Gasteiger partial charge in [-0.15, -0.1) is 0 Å². The number of hydrogen-bond donors (Lipinski definition) is 0. The Morgan fingerprint density at radius 1 is 0.630 bits per heavy atom. The molecular weight excluding hydrogens is 745 g/mol. The molecule has 4 rings (SSSR count). The minimum absolute atomic E-state index is 0.212. The fourth-order valence-electron chi connectivity index (χ4n) is 5.70. The number of aromatic nitrogens is 2. The monoisotopic (exact) mass is 786 g/mol. The van der Waals surface area contributed by atoms with Gasteiger partial charge in [-0.1, -0.05) is 0 Å². The van der Waals surface area contributed by atoms with Crippen LogP contribution in [0.3, 0.4) is 0 Å². The summed E-state index contributed by atoms with van der Waals surface area (Å²) in [5, 5.41) is 0. The van der Waals surface area contributed by atoms with E-state index in [2.05, 4.69) is 9.97 Å². The van der Waals surface area contributed by atoms with Crippen LogP contribution in [0.25, 0.3) is 22.5 Å². The van der Waals surface area contributed by atoms with Gasteiger partial charge < -0.3 is 28.7 Å². The third-order valence-corrected chi connectivity index (χ3v) is 9.27. The second-order valence-electron chi connectivity index (χ2n) is 12.1. The Bertz CT molecular complexity index is 2160. The summed E-state index contributed by atoms with van der Waals surface area (Å²) in [6.07, 6.45) is 4.39. The van der Waals surface area contributed by atoms with Crippen LogP contribution >= 0.6 is 0 Å². The highest BCUT2D eigenvalue weighted by Crippen LogP contribution is 2.38. The molecule has 0 aliphatic rings. The molecule has 0 aliphatic heterocycles. The summed E-state index contributed by atoms with van der Waals surface area (Å²) in [4.78, 5) is 36.2. The van der Waals surface area contributed by atoms with E-state index in [1.165, 1.54) is 71.5 Å². The number of methoxy groups -OCH3 is 4. The van der Waals surface area contributed by atoms with Crippen LogP contribution in [0.5, 0.6) is 23.0 Å². The fraction of sp³-hybridized carbons (Fsp3) is 0.333. The molecular formula is C36H42N4O12S2. The first-order valence-electron chi connectivity index (χ1n) is 16.0. The van der Waals surface area contributed by atoms with Crippen molar-refractivity contribution in [3.8, 4) is 45.5 Å². The van der Waals surface area contributed by atoms with Gasteiger partial charge >= 0.3 is 5.91 Å². The number of carbonyl (C=O) groups is 2. The van der Waals surface area contributed by atoms with Gasteiger partial charge in [-0.3, -0.25) is 19.6 Å². The number of ketones is 2. The number of rotatable bonds is 17. The molecule has 2 aromatic carbocycles. The molecule has 0 amide bonds. The number of hydrogen-bond acceptors (Lipinski definition) is 16. The molecule has 16 nitrogen and oxygen atoms in total. The van der Waals surface area contributed by atoms with Crippen molar-refractivity contribution in [1.82, 2.24) is 9.97 Å². The molecule has 18 heteroatoms. The maximum absolute atomic E-state index is 12.7. The second kappa shape index (κ2) is 16.4. The lowest BCUT2D eigenvalue weighted by Gasteiger charge is -2.42. The van der Waals surface area contributed by atoms with E-state index in [9.17, 15) is 26.4 Å². The zero-order valence-corrected chi connectivity index (χ0v) is 33.1. The molecule has 0 bridgehead atoms. The maximum Gasteiger partial charge on any atom is 0.300 e. The molecule has 54 heavy (non-hydrogen) atoms. The largest absolute Gasteiger partial charge is 0.496 e. The van der Waals surface area contributed by atoms with E-state index in [-0.39, 0.29) is 39.9 Å². The maximum atomic E-state index is 12.7. The standard InChI is InChI=1S/C36H42N4O12S2/c1-22(41)34-30(47-5)15-24(16-31(34)48-6)28-13-11-26(19-37-28)39(3)21-36(51-53(9,43)44,52-54(10,45)46)40(4)27-12-14-29(38-20-27)25-17-32(49-7)35(23(2)42)33(18-25)50-8/h11-20H,21H2,1-10H3. The van der Waals surface area contributed by atoms with Crippen LogP contribution in [-0.2, 0) is 28.6 Å². The predicted molar refractivity (Wildman–Crippen MR) is 202 cm³/mol. The van der Waals surface area contributed by atoms with Crippen LogP contribution in [0, 0.1) is 0 Å². The topological polar surface area (TPSA) is 190 Å². The van der Waals surface area contributed by atoms with Gasteiger partial charge in [-0.25, -0.2) is 8.37 Å². The Labute approximate surface area is 314 Å². The summed E-state index contributed by atoms with van der Waals surface area (Å²) >= 11 is 0. The van der Waals surface area contributed by atoms with E-state index >= 15 is 0 Å². The van der Waals surface area contributed by atoms with Crippen LogP contribution in [0.4, 0.5) is 11.4 Å². The third kappa shape index (κ3) is 9.43. The molecule has 0 radical (unpaired) electrons. The Morgan fingerprint density at radius 2 is 0.981 bits per heavy atom. The van der Waals surface area contributed by atoms with E-state index in [0.29, 0.717) is 39.7 Å². The molecule has 0 saturated carbocycles. The van der Waals surface area contributed by atoms with Gasteiger partial charge in [0.2, 0.25) is 0 Å². The highest BCUT2D eigenvalue weighted by Gasteiger charge is 2.46. The van der Waals surface area contributed by atoms with Crippen LogP contribution in [0.2, 0.25) is 0 Å². The summed E-state index contributed by atoms with van der Waals surface area (Å²) in [7, 11) is -0.0785. The SMILES string of the molecule is COc1cc(-c2ccc(N(C)CC(OS(C)(=O)=O)(OS(C)(=O)=O)N(C)c3ccc(-c4cc(OC)c(C(C)=O)c(OC)c4)nc3)cn2)cc(OC)c1C(C)=O. The van der Waals surface area contributed by atoms with Crippen LogP contribution in [0.15, 0.2) is 60.9 Å². The van der Waals surface area contributed by atoms with E-state index < -0.39 is 32.7 Å². The van der Waals surface area contributed by atoms with Gasteiger partial charge in [0.15, 0.2) is 11.6 Å². The zero-order chi connectivity index (χ0) is 40.2. The van der Waals surface area contributed by atoms with Gasteiger partial charge in [0, 0.05) is 25.2 Å². The van der Waals surface area contributed by atoms with E-state index in [1.807, 2.05) is 0 Å².